The highest BCUT2D eigenvalue weighted by molar-refractivity contribution is 5.91. The first-order chi connectivity index (χ1) is 14.5. The number of esters is 1. The van der Waals surface area contributed by atoms with Gasteiger partial charge in [0.2, 0.25) is 0 Å². The zero-order chi connectivity index (χ0) is 22.8. The Labute approximate surface area is 186 Å². The van der Waals surface area contributed by atoms with E-state index >= 15 is 0 Å². The van der Waals surface area contributed by atoms with Gasteiger partial charge in [0.15, 0.2) is 0 Å². The predicted octanol–water partition coefficient (Wildman–Crippen LogP) is 7.03. The first-order valence-corrected chi connectivity index (χ1v) is 10.7. The van der Waals surface area contributed by atoms with Crippen LogP contribution in [0.1, 0.15) is 67.2 Å². The largest absolute Gasteiger partial charge is 0.488 e. The number of rotatable bonds is 5. The highest BCUT2D eigenvalue weighted by atomic mass is 16.5. The molecule has 3 rings (SSSR count). The van der Waals surface area contributed by atoms with Gasteiger partial charge in [-0.3, -0.25) is 0 Å². The average molecular weight is 417 g/mol. The standard InChI is InChI=1S/C28H32O3/c1-19-17-22(13-15-24(19)30-26(29)21-11-9-8-10-12-21)28(6,7)23-14-16-25(20(2)18-23)31-27(3,4)5/h8-18H,1-7H3. The lowest BCUT2D eigenvalue weighted by Crippen LogP contribution is -2.24. The second-order valence-corrected chi connectivity index (χ2v) is 9.56. The zero-order valence-corrected chi connectivity index (χ0v) is 19.6. The van der Waals surface area contributed by atoms with Gasteiger partial charge in [-0.15, -0.1) is 0 Å². The van der Waals surface area contributed by atoms with Crippen LogP contribution >= 0.6 is 0 Å². The first kappa shape index (κ1) is 22.6. The maximum Gasteiger partial charge on any atom is 0.343 e. The van der Waals surface area contributed by atoms with Gasteiger partial charge in [0, 0.05) is 5.41 Å². The van der Waals surface area contributed by atoms with E-state index in [1.54, 1.807) is 12.1 Å². The van der Waals surface area contributed by atoms with E-state index in [2.05, 4.69) is 65.8 Å². The lowest BCUT2D eigenvalue weighted by molar-refractivity contribution is 0.0733. The van der Waals surface area contributed by atoms with Gasteiger partial charge in [0.25, 0.3) is 0 Å². The normalized spacial score (nSPS) is 11.8. The molecule has 3 heteroatoms. The first-order valence-electron chi connectivity index (χ1n) is 10.7. The molecule has 0 fully saturated rings. The summed E-state index contributed by atoms with van der Waals surface area (Å²) in [6, 6.07) is 21.4. The Morgan fingerprint density at radius 2 is 1.23 bits per heavy atom. The fourth-order valence-corrected chi connectivity index (χ4v) is 3.53. The fourth-order valence-electron chi connectivity index (χ4n) is 3.53. The highest BCUT2D eigenvalue weighted by Gasteiger charge is 2.25. The van der Waals surface area contributed by atoms with E-state index in [0.717, 1.165) is 22.4 Å². The van der Waals surface area contributed by atoms with Crippen LogP contribution in [0, 0.1) is 13.8 Å². The van der Waals surface area contributed by atoms with Crippen molar-refractivity contribution in [2.45, 2.75) is 59.5 Å². The zero-order valence-electron chi connectivity index (χ0n) is 19.6. The van der Waals surface area contributed by atoms with Crippen LogP contribution in [-0.2, 0) is 5.41 Å². The van der Waals surface area contributed by atoms with E-state index in [1.165, 1.54) is 5.56 Å². The van der Waals surface area contributed by atoms with Gasteiger partial charge in [-0.25, -0.2) is 4.79 Å². The molecule has 0 aliphatic heterocycles. The van der Waals surface area contributed by atoms with E-state index < -0.39 is 0 Å². The van der Waals surface area contributed by atoms with Gasteiger partial charge in [-0.1, -0.05) is 56.3 Å². The third-order valence-corrected chi connectivity index (χ3v) is 5.42. The van der Waals surface area contributed by atoms with Crippen molar-refractivity contribution in [1.29, 1.82) is 0 Å². The third kappa shape index (κ3) is 5.35. The molecule has 0 heterocycles. The molecule has 0 radical (unpaired) electrons. The molecule has 0 unspecified atom stereocenters. The molecule has 0 spiro atoms. The smallest absolute Gasteiger partial charge is 0.343 e. The Balaban J connectivity index is 1.84. The number of carbonyl (C=O) groups excluding carboxylic acids is 1. The van der Waals surface area contributed by atoms with Crippen LogP contribution in [0.3, 0.4) is 0 Å². The average Bonchev–Trinajstić information content (AvgIpc) is 2.70. The van der Waals surface area contributed by atoms with Crippen molar-refractivity contribution >= 4 is 5.97 Å². The van der Waals surface area contributed by atoms with Crippen LogP contribution in [0.5, 0.6) is 11.5 Å². The van der Waals surface area contributed by atoms with Crippen molar-refractivity contribution in [3.63, 3.8) is 0 Å². The monoisotopic (exact) mass is 416 g/mol. The van der Waals surface area contributed by atoms with Crippen LogP contribution in [0.4, 0.5) is 0 Å². The van der Waals surface area contributed by atoms with E-state index in [-0.39, 0.29) is 17.0 Å². The minimum Gasteiger partial charge on any atom is -0.488 e. The maximum atomic E-state index is 12.4. The molecule has 0 atom stereocenters. The second-order valence-electron chi connectivity index (χ2n) is 9.56. The van der Waals surface area contributed by atoms with Crippen LogP contribution < -0.4 is 9.47 Å². The summed E-state index contributed by atoms with van der Waals surface area (Å²) in [5.41, 5.74) is 4.52. The molecule has 0 aliphatic carbocycles. The van der Waals surface area contributed by atoms with Crippen molar-refractivity contribution < 1.29 is 14.3 Å². The molecule has 0 aromatic heterocycles. The number of hydrogen-bond acceptors (Lipinski definition) is 3. The summed E-state index contributed by atoms with van der Waals surface area (Å²) in [4.78, 5) is 12.4. The molecule has 0 saturated carbocycles. The molecular formula is C28H32O3. The maximum absolute atomic E-state index is 12.4. The fraction of sp³-hybridized carbons (Fsp3) is 0.321. The molecule has 162 valence electrons. The van der Waals surface area contributed by atoms with Crippen molar-refractivity contribution in [3.05, 3.63) is 94.5 Å². The van der Waals surface area contributed by atoms with Crippen LogP contribution in [0.2, 0.25) is 0 Å². The summed E-state index contributed by atoms with van der Waals surface area (Å²) in [5, 5.41) is 0. The molecule has 3 nitrogen and oxygen atoms in total. The minimum atomic E-state index is -0.347. The molecule has 3 aromatic carbocycles. The molecule has 0 bridgehead atoms. The summed E-state index contributed by atoms with van der Waals surface area (Å²) in [7, 11) is 0. The van der Waals surface area contributed by atoms with Crippen molar-refractivity contribution in [2.24, 2.45) is 0 Å². The SMILES string of the molecule is Cc1cc(C(C)(C)c2ccc(OC(C)(C)C)c(C)c2)ccc1OC(=O)c1ccccc1. The summed E-state index contributed by atoms with van der Waals surface area (Å²) in [5.74, 6) is 1.14. The summed E-state index contributed by atoms with van der Waals surface area (Å²) >= 11 is 0. The van der Waals surface area contributed by atoms with Gasteiger partial charge in [-0.2, -0.15) is 0 Å². The van der Waals surface area contributed by atoms with Gasteiger partial charge in [-0.05, 0) is 81.1 Å². The molecule has 3 aromatic rings. The highest BCUT2D eigenvalue weighted by Crippen LogP contribution is 2.36. The van der Waals surface area contributed by atoms with Crippen LogP contribution in [0.25, 0.3) is 0 Å². The van der Waals surface area contributed by atoms with Gasteiger partial charge in [0.05, 0.1) is 5.56 Å². The number of ether oxygens (including phenoxy) is 2. The lowest BCUT2D eigenvalue weighted by atomic mass is 9.77. The van der Waals surface area contributed by atoms with E-state index in [4.69, 9.17) is 9.47 Å². The van der Waals surface area contributed by atoms with Gasteiger partial charge < -0.3 is 9.47 Å². The van der Waals surface area contributed by atoms with Gasteiger partial charge in [0.1, 0.15) is 17.1 Å². The molecule has 0 saturated heterocycles. The molecule has 0 aliphatic rings. The number of benzene rings is 3. The van der Waals surface area contributed by atoms with Crippen molar-refractivity contribution in [3.8, 4) is 11.5 Å². The van der Waals surface area contributed by atoms with E-state index in [9.17, 15) is 4.79 Å². The Morgan fingerprint density at radius 1 is 0.710 bits per heavy atom. The second kappa shape index (κ2) is 8.58. The van der Waals surface area contributed by atoms with E-state index in [0.29, 0.717) is 11.3 Å². The summed E-state index contributed by atoms with van der Waals surface area (Å²) in [6.45, 7) is 14.6. The topological polar surface area (TPSA) is 35.5 Å². The Kier molecular flexibility index (Phi) is 6.26. The van der Waals surface area contributed by atoms with Crippen LogP contribution in [0.15, 0.2) is 66.7 Å². The van der Waals surface area contributed by atoms with Gasteiger partial charge >= 0.3 is 5.97 Å². The molecule has 0 amide bonds. The van der Waals surface area contributed by atoms with Crippen molar-refractivity contribution in [2.75, 3.05) is 0 Å². The minimum absolute atomic E-state index is 0.211. The van der Waals surface area contributed by atoms with Crippen molar-refractivity contribution in [1.82, 2.24) is 0 Å². The van der Waals surface area contributed by atoms with Crippen LogP contribution in [-0.4, -0.2) is 11.6 Å². The molecule has 0 N–H and O–H groups in total. The lowest BCUT2D eigenvalue weighted by Gasteiger charge is -2.29. The Hall–Kier alpha value is -3.07. The Bertz CT molecular complexity index is 1070. The summed E-state index contributed by atoms with van der Waals surface area (Å²) < 4.78 is 11.7. The molecule has 31 heavy (non-hydrogen) atoms. The third-order valence-electron chi connectivity index (χ3n) is 5.42. The predicted molar refractivity (Wildman–Crippen MR) is 126 cm³/mol. The number of carbonyl (C=O) groups is 1. The molecular weight excluding hydrogens is 384 g/mol. The Morgan fingerprint density at radius 3 is 1.71 bits per heavy atom. The number of aryl methyl sites for hydroxylation is 2. The number of hydrogen-bond donors (Lipinski definition) is 0. The quantitative estimate of drug-likeness (QED) is 0.331. The summed E-state index contributed by atoms with van der Waals surface area (Å²) in [6.07, 6.45) is 0. The van der Waals surface area contributed by atoms with E-state index in [1.807, 2.05) is 37.3 Å².